The summed E-state index contributed by atoms with van der Waals surface area (Å²) in [7, 11) is -4.01. The van der Waals surface area contributed by atoms with Gasteiger partial charge in [-0.15, -0.1) is 0 Å². The highest BCUT2D eigenvalue weighted by Crippen LogP contribution is 2.14. The van der Waals surface area contributed by atoms with E-state index < -0.39 is 20.9 Å². The van der Waals surface area contributed by atoms with Gasteiger partial charge < -0.3 is 4.52 Å². The average Bonchev–Trinajstić information content (AvgIpc) is 2.67. The van der Waals surface area contributed by atoms with Crippen LogP contribution in [-0.2, 0) is 16.6 Å². The van der Waals surface area contributed by atoms with Crippen LogP contribution in [0.2, 0.25) is 0 Å². The first kappa shape index (κ1) is 13.6. The minimum Gasteiger partial charge on any atom is -0.361 e. The van der Waals surface area contributed by atoms with Crippen LogP contribution in [0.3, 0.4) is 0 Å². The van der Waals surface area contributed by atoms with Crippen molar-refractivity contribution in [3.05, 3.63) is 41.2 Å². The predicted octanol–water partition coefficient (Wildman–Crippen LogP) is 1.30. The van der Waals surface area contributed by atoms with Gasteiger partial charge in [-0.2, -0.15) is 0 Å². The third kappa shape index (κ3) is 2.79. The normalized spacial score (nSPS) is 11.7. The lowest BCUT2D eigenvalue weighted by Gasteiger charge is -2.06. The van der Waals surface area contributed by atoms with Gasteiger partial charge in [-0.3, -0.25) is 0 Å². The number of sulfonamides is 1. The summed E-state index contributed by atoms with van der Waals surface area (Å²) in [4.78, 5) is 3.53. The van der Waals surface area contributed by atoms with Crippen LogP contribution in [0.15, 0.2) is 27.9 Å². The van der Waals surface area contributed by atoms with Gasteiger partial charge in [0.25, 0.3) is 10.0 Å². The topological polar surface area (TPSA) is 85.1 Å². The molecule has 0 spiro atoms. The van der Waals surface area contributed by atoms with Gasteiger partial charge in [0.15, 0.2) is 5.82 Å². The van der Waals surface area contributed by atoms with Crippen molar-refractivity contribution in [3.63, 3.8) is 0 Å². The van der Waals surface area contributed by atoms with E-state index in [1.165, 1.54) is 12.3 Å². The molecule has 0 bridgehead atoms. The second-order valence-corrected chi connectivity index (χ2v) is 5.60. The van der Waals surface area contributed by atoms with Crippen LogP contribution in [0, 0.1) is 19.7 Å². The van der Waals surface area contributed by atoms with E-state index in [4.69, 9.17) is 4.52 Å². The van der Waals surface area contributed by atoms with E-state index in [0.717, 1.165) is 6.07 Å². The van der Waals surface area contributed by atoms with Gasteiger partial charge in [-0.05, 0) is 26.0 Å². The number of pyridine rings is 1. The van der Waals surface area contributed by atoms with E-state index in [1.807, 2.05) is 0 Å². The fraction of sp³-hybridized carbons (Fsp3) is 0.273. The van der Waals surface area contributed by atoms with E-state index in [9.17, 15) is 12.8 Å². The Labute approximate surface area is 109 Å². The van der Waals surface area contributed by atoms with Gasteiger partial charge >= 0.3 is 0 Å². The second-order valence-electron chi connectivity index (χ2n) is 3.92. The predicted molar refractivity (Wildman–Crippen MR) is 64.2 cm³/mol. The minimum atomic E-state index is -4.01. The first-order chi connectivity index (χ1) is 8.92. The molecule has 0 aliphatic carbocycles. The van der Waals surface area contributed by atoms with Gasteiger partial charge in [-0.25, -0.2) is 22.5 Å². The Morgan fingerprint density at radius 2 is 2.16 bits per heavy atom. The summed E-state index contributed by atoms with van der Waals surface area (Å²) >= 11 is 0. The van der Waals surface area contributed by atoms with Crippen molar-refractivity contribution >= 4 is 10.0 Å². The summed E-state index contributed by atoms with van der Waals surface area (Å²) in [6, 6.07) is 2.36. The highest BCUT2D eigenvalue weighted by Gasteiger charge is 2.21. The molecule has 0 radical (unpaired) electrons. The van der Waals surface area contributed by atoms with Crippen molar-refractivity contribution in [1.29, 1.82) is 0 Å². The molecule has 2 rings (SSSR count). The molecule has 102 valence electrons. The molecule has 0 saturated heterocycles. The molecule has 0 saturated carbocycles. The van der Waals surface area contributed by atoms with Gasteiger partial charge in [0, 0.05) is 18.3 Å². The van der Waals surface area contributed by atoms with E-state index in [1.54, 1.807) is 13.8 Å². The van der Waals surface area contributed by atoms with E-state index in [0.29, 0.717) is 17.0 Å². The van der Waals surface area contributed by atoms with Crippen molar-refractivity contribution in [3.8, 4) is 0 Å². The SMILES string of the molecule is Cc1noc(C)c1CNS(=O)(=O)c1ncccc1F. The standard InChI is InChI=1S/C11H12FN3O3S/c1-7-9(8(2)18-15-7)6-14-19(16,17)11-10(12)4-3-5-13-11/h3-5,14H,6H2,1-2H3. The van der Waals surface area contributed by atoms with Gasteiger partial charge in [0.2, 0.25) is 5.03 Å². The Morgan fingerprint density at radius 3 is 2.74 bits per heavy atom. The summed E-state index contributed by atoms with van der Waals surface area (Å²) in [5.74, 6) is -0.379. The molecule has 2 heterocycles. The fourth-order valence-electron chi connectivity index (χ4n) is 1.56. The number of aryl methyl sites for hydroxylation is 2. The molecule has 0 unspecified atom stereocenters. The number of hydrogen-bond donors (Lipinski definition) is 1. The molecule has 0 atom stereocenters. The van der Waals surface area contributed by atoms with E-state index in [-0.39, 0.29) is 6.54 Å². The lowest BCUT2D eigenvalue weighted by atomic mass is 10.2. The number of halogens is 1. The smallest absolute Gasteiger partial charge is 0.261 e. The zero-order chi connectivity index (χ0) is 14.0. The van der Waals surface area contributed by atoms with Crippen LogP contribution in [-0.4, -0.2) is 18.6 Å². The molecule has 8 heteroatoms. The third-order valence-corrected chi connectivity index (χ3v) is 3.93. The van der Waals surface area contributed by atoms with Crippen molar-refractivity contribution in [2.45, 2.75) is 25.4 Å². The number of aromatic nitrogens is 2. The molecule has 2 aromatic heterocycles. The molecule has 2 aromatic rings. The molecule has 0 aliphatic rings. The molecule has 19 heavy (non-hydrogen) atoms. The minimum absolute atomic E-state index is 0.0283. The van der Waals surface area contributed by atoms with Crippen LogP contribution >= 0.6 is 0 Å². The zero-order valence-electron chi connectivity index (χ0n) is 10.3. The van der Waals surface area contributed by atoms with Gasteiger partial charge in [0.05, 0.1) is 5.69 Å². The molecule has 0 aliphatic heterocycles. The molecule has 0 amide bonds. The average molecular weight is 285 g/mol. The van der Waals surface area contributed by atoms with Crippen LogP contribution in [0.4, 0.5) is 4.39 Å². The lowest BCUT2D eigenvalue weighted by molar-refractivity contribution is 0.392. The van der Waals surface area contributed by atoms with Crippen molar-refractivity contribution in [1.82, 2.24) is 14.9 Å². The van der Waals surface area contributed by atoms with Gasteiger partial charge in [-0.1, -0.05) is 5.16 Å². The molecule has 6 nitrogen and oxygen atoms in total. The highest BCUT2D eigenvalue weighted by atomic mass is 32.2. The Bertz CT molecular complexity index is 677. The Hall–Kier alpha value is -1.80. The maximum atomic E-state index is 13.4. The Kier molecular flexibility index (Phi) is 3.63. The Morgan fingerprint density at radius 1 is 1.42 bits per heavy atom. The number of hydrogen-bond acceptors (Lipinski definition) is 5. The monoisotopic (exact) mass is 285 g/mol. The fourth-order valence-corrected chi connectivity index (χ4v) is 2.55. The number of nitrogens with zero attached hydrogens (tertiary/aromatic N) is 2. The van der Waals surface area contributed by atoms with Gasteiger partial charge in [0.1, 0.15) is 5.76 Å². The zero-order valence-corrected chi connectivity index (χ0v) is 11.2. The second kappa shape index (κ2) is 5.06. The Balaban J connectivity index is 2.22. The third-order valence-electron chi connectivity index (χ3n) is 2.60. The summed E-state index contributed by atoms with van der Waals surface area (Å²) in [5, 5.41) is 3.08. The lowest BCUT2D eigenvalue weighted by Crippen LogP contribution is -2.25. The number of rotatable bonds is 4. The summed E-state index contributed by atoms with van der Waals surface area (Å²) in [6.07, 6.45) is 1.22. The van der Waals surface area contributed by atoms with Crippen LogP contribution in [0.1, 0.15) is 17.0 Å². The molecule has 0 fully saturated rings. The van der Waals surface area contributed by atoms with Crippen LogP contribution in [0.25, 0.3) is 0 Å². The maximum Gasteiger partial charge on any atom is 0.261 e. The quantitative estimate of drug-likeness (QED) is 0.915. The molecule has 0 aromatic carbocycles. The van der Waals surface area contributed by atoms with Crippen LogP contribution in [0.5, 0.6) is 0 Å². The first-order valence-electron chi connectivity index (χ1n) is 5.44. The molecular weight excluding hydrogens is 273 g/mol. The van der Waals surface area contributed by atoms with Crippen molar-refractivity contribution < 1.29 is 17.3 Å². The van der Waals surface area contributed by atoms with Crippen molar-refractivity contribution in [2.24, 2.45) is 0 Å². The summed E-state index contributed by atoms with van der Waals surface area (Å²) in [5.41, 5.74) is 1.21. The van der Waals surface area contributed by atoms with Crippen molar-refractivity contribution in [2.75, 3.05) is 0 Å². The van der Waals surface area contributed by atoms with Crippen LogP contribution < -0.4 is 4.72 Å². The maximum absolute atomic E-state index is 13.4. The summed E-state index contributed by atoms with van der Waals surface area (Å²) < 4.78 is 44.4. The largest absolute Gasteiger partial charge is 0.361 e. The molecular formula is C11H12FN3O3S. The van der Waals surface area contributed by atoms with E-state index >= 15 is 0 Å². The summed E-state index contributed by atoms with van der Waals surface area (Å²) in [6.45, 7) is 3.34. The van der Waals surface area contributed by atoms with E-state index in [2.05, 4.69) is 14.9 Å². The highest BCUT2D eigenvalue weighted by molar-refractivity contribution is 7.89. The first-order valence-corrected chi connectivity index (χ1v) is 6.92. The molecule has 1 N–H and O–H groups in total. The number of nitrogens with one attached hydrogen (secondary N) is 1.